The summed E-state index contributed by atoms with van der Waals surface area (Å²) in [6, 6.07) is 13.4. The van der Waals surface area contributed by atoms with Gasteiger partial charge in [0, 0.05) is 10.8 Å². The monoisotopic (exact) mass is 734 g/mol. The van der Waals surface area contributed by atoms with Gasteiger partial charge in [-0.25, -0.2) is 0 Å². The molecule has 0 saturated carbocycles. The summed E-state index contributed by atoms with van der Waals surface area (Å²) in [7, 11) is -0.497. The molecule has 4 heterocycles. The molecule has 0 aliphatic carbocycles. The summed E-state index contributed by atoms with van der Waals surface area (Å²) in [6.07, 6.45) is 12.4. The average Bonchev–Trinajstić information content (AvgIpc) is 3.74. The van der Waals surface area contributed by atoms with Gasteiger partial charge in [-0.3, -0.25) is 4.31 Å². The van der Waals surface area contributed by atoms with Crippen LogP contribution in [0.1, 0.15) is 76.3 Å². The third-order valence-electron chi connectivity index (χ3n) is 7.35. The molecular weight excluding hydrogens is 704 g/mol. The summed E-state index contributed by atoms with van der Waals surface area (Å²) in [6.45, 7) is 4.52. The van der Waals surface area contributed by atoms with Crippen molar-refractivity contribution in [3.8, 4) is 0 Å². The molecule has 2 aliphatic heterocycles. The predicted octanol–water partition coefficient (Wildman–Crippen LogP) is 11.1. The fourth-order valence-electron chi connectivity index (χ4n) is 5.16. The highest BCUT2D eigenvalue weighted by Gasteiger charge is 2.25. The van der Waals surface area contributed by atoms with E-state index in [1.165, 1.54) is 96.8 Å². The highest BCUT2D eigenvalue weighted by molar-refractivity contribution is 9.11. The van der Waals surface area contributed by atoms with E-state index in [1.807, 2.05) is 0 Å². The van der Waals surface area contributed by atoms with Gasteiger partial charge in [0.15, 0.2) is 0 Å². The SMILES string of the molecule is CCCCCCc1cc(N2SN=c3ccc4c5c(ccc4c32)=NS(c2cc(CCCCCC)c(Br)s2)=N5)sc1Br. The van der Waals surface area contributed by atoms with Gasteiger partial charge < -0.3 is 0 Å². The maximum Gasteiger partial charge on any atom is 0.109 e. The van der Waals surface area contributed by atoms with Crippen LogP contribution >= 0.6 is 66.7 Å². The molecule has 10 heteroatoms. The molecule has 4 nitrogen and oxygen atoms in total. The van der Waals surface area contributed by atoms with Gasteiger partial charge in [0.2, 0.25) is 0 Å². The minimum absolute atomic E-state index is 0.497. The molecule has 0 bridgehead atoms. The first kappa shape index (κ1) is 29.1. The molecule has 2 aliphatic rings. The molecule has 6 rings (SSSR count). The second-order valence-corrected chi connectivity index (χ2v) is 17.3. The van der Waals surface area contributed by atoms with E-state index in [-0.39, 0.29) is 0 Å². The van der Waals surface area contributed by atoms with Crippen molar-refractivity contribution in [3.05, 3.63) is 65.8 Å². The highest BCUT2D eigenvalue weighted by Crippen LogP contribution is 2.46. The Labute approximate surface area is 268 Å². The van der Waals surface area contributed by atoms with Crippen LogP contribution in [0.25, 0.3) is 10.8 Å². The van der Waals surface area contributed by atoms with Crippen molar-refractivity contribution in [3.63, 3.8) is 0 Å². The Morgan fingerprint density at radius 1 is 0.775 bits per heavy atom. The summed E-state index contributed by atoms with van der Waals surface area (Å²) in [5.74, 6) is 0. The number of anilines is 2. The number of nitrogens with zero attached hydrogens (tertiary/aromatic N) is 4. The standard InChI is InChI=1S/C30H32Br2N4S4/c1-3-5-7-9-11-19-17-25(37-29(19)31)36-28-22-14-15-23-27(21(22)13-16-24(28)33-39-36)35-40(34-23)26-18-20(30(32)38-26)12-10-8-6-4-2/h13-18H,3-12H2,1-2H3. The number of halogens is 2. The van der Waals surface area contributed by atoms with E-state index in [4.69, 9.17) is 13.2 Å². The number of thiophene rings is 2. The summed E-state index contributed by atoms with van der Waals surface area (Å²) in [4.78, 5) is 0. The first-order chi connectivity index (χ1) is 19.6. The molecule has 0 amide bonds. The zero-order valence-corrected chi connectivity index (χ0v) is 29.2. The second kappa shape index (κ2) is 13.1. The third-order valence-corrected chi connectivity index (χ3v) is 13.9. The van der Waals surface area contributed by atoms with Crippen molar-refractivity contribution < 1.29 is 0 Å². The number of benzene rings is 2. The van der Waals surface area contributed by atoms with Gasteiger partial charge in [-0.1, -0.05) is 52.4 Å². The van der Waals surface area contributed by atoms with Crippen LogP contribution in [0.4, 0.5) is 16.4 Å². The predicted molar refractivity (Wildman–Crippen MR) is 183 cm³/mol. The zero-order chi connectivity index (χ0) is 27.6. The van der Waals surface area contributed by atoms with Crippen LogP contribution in [0.15, 0.2) is 61.3 Å². The topological polar surface area (TPSA) is 40.3 Å². The lowest BCUT2D eigenvalue weighted by Gasteiger charge is -2.16. The van der Waals surface area contributed by atoms with Crippen molar-refractivity contribution >= 4 is 105 Å². The fraction of sp³-hybridized carbons (Fsp3) is 0.400. The van der Waals surface area contributed by atoms with E-state index in [0.29, 0.717) is 0 Å². The van der Waals surface area contributed by atoms with Crippen LogP contribution in [0.3, 0.4) is 0 Å². The Hall–Kier alpha value is -1.04. The average molecular weight is 737 g/mol. The molecule has 40 heavy (non-hydrogen) atoms. The van der Waals surface area contributed by atoms with E-state index in [0.717, 1.165) is 40.3 Å². The minimum atomic E-state index is -0.497. The van der Waals surface area contributed by atoms with Crippen molar-refractivity contribution in [1.82, 2.24) is 0 Å². The Kier molecular flexibility index (Phi) is 9.50. The Balaban J connectivity index is 1.29. The van der Waals surface area contributed by atoms with Gasteiger partial charge in [-0.2, -0.15) is 13.2 Å². The van der Waals surface area contributed by atoms with E-state index in [2.05, 4.69) is 86.4 Å². The summed E-state index contributed by atoms with van der Waals surface area (Å²) in [5.41, 5.74) is 4.97. The van der Waals surface area contributed by atoms with Crippen LogP contribution in [-0.2, 0) is 23.7 Å². The molecule has 1 atom stereocenters. The van der Waals surface area contributed by atoms with Crippen molar-refractivity contribution in [2.75, 3.05) is 4.31 Å². The molecule has 0 saturated heterocycles. The van der Waals surface area contributed by atoms with Crippen LogP contribution in [0, 0.1) is 0 Å². The maximum atomic E-state index is 5.19. The smallest absolute Gasteiger partial charge is 0.109 e. The lowest BCUT2D eigenvalue weighted by atomic mass is 10.1. The molecule has 2 aromatic carbocycles. The normalized spacial score (nSPS) is 15.7. The van der Waals surface area contributed by atoms with E-state index in [9.17, 15) is 0 Å². The zero-order valence-electron chi connectivity index (χ0n) is 22.7. The van der Waals surface area contributed by atoms with Crippen LogP contribution < -0.4 is 15.0 Å². The Morgan fingerprint density at radius 2 is 1.45 bits per heavy atom. The van der Waals surface area contributed by atoms with Crippen LogP contribution in [-0.4, -0.2) is 0 Å². The third kappa shape index (κ3) is 5.91. The molecule has 2 aromatic heterocycles. The lowest BCUT2D eigenvalue weighted by molar-refractivity contribution is 0.666. The van der Waals surface area contributed by atoms with Crippen LogP contribution in [0.2, 0.25) is 0 Å². The van der Waals surface area contributed by atoms with Crippen molar-refractivity contribution in [1.29, 1.82) is 0 Å². The molecular formula is C30H32Br2N4S4. The molecule has 0 radical (unpaired) electrons. The lowest BCUT2D eigenvalue weighted by Crippen LogP contribution is -2.10. The second-order valence-electron chi connectivity index (χ2n) is 10.2. The molecule has 210 valence electrons. The van der Waals surface area contributed by atoms with Gasteiger partial charge in [0.05, 0.1) is 51.2 Å². The van der Waals surface area contributed by atoms with E-state index in [1.54, 1.807) is 22.7 Å². The van der Waals surface area contributed by atoms with Crippen molar-refractivity contribution in [2.24, 2.45) is 13.2 Å². The minimum Gasteiger partial charge on any atom is -0.253 e. The van der Waals surface area contributed by atoms with E-state index >= 15 is 0 Å². The number of aryl methyl sites for hydroxylation is 2. The molecule has 1 unspecified atom stereocenters. The molecule has 4 aromatic rings. The Bertz CT molecular complexity index is 1710. The van der Waals surface area contributed by atoms with Gasteiger partial charge in [-0.15, -0.1) is 22.7 Å². The number of hydrogen-bond donors (Lipinski definition) is 0. The number of rotatable bonds is 12. The Morgan fingerprint density at radius 3 is 2.20 bits per heavy atom. The van der Waals surface area contributed by atoms with Gasteiger partial charge in [0.25, 0.3) is 0 Å². The largest absolute Gasteiger partial charge is 0.253 e. The summed E-state index contributed by atoms with van der Waals surface area (Å²) < 4.78 is 21.1. The van der Waals surface area contributed by atoms with Gasteiger partial charge in [-0.05, 0) is 105 Å². The number of hydrogen-bond acceptors (Lipinski definition) is 7. The molecule has 0 fully saturated rings. The fourth-order valence-corrected chi connectivity index (χ4v) is 11.5. The quantitative estimate of drug-likeness (QED) is 0.107. The van der Waals surface area contributed by atoms with Gasteiger partial charge >= 0.3 is 0 Å². The molecule has 0 spiro atoms. The highest BCUT2D eigenvalue weighted by atomic mass is 79.9. The summed E-state index contributed by atoms with van der Waals surface area (Å²) >= 11 is 12.8. The maximum absolute atomic E-state index is 5.19. The molecule has 0 N–H and O–H groups in total. The summed E-state index contributed by atoms with van der Waals surface area (Å²) in [5, 5.41) is 5.58. The number of unbranched alkanes of at least 4 members (excludes halogenated alkanes) is 6. The first-order valence-corrected chi connectivity index (χ1v) is 19.2. The van der Waals surface area contributed by atoms with Crippen molar-refractivity contribution in [2.45, 2.75) is 82.3 Å². The van der Waals surface area contributed by atoms with E-state index < -0.39 is 10.9 Å². The van der Waals surface area contributed by atoms with Crippen LogP contribution in [0.5, 0.6) is 0 Å². The number of fused-ring (bicyclic) bond motifs is 5. The van der Waals surface area contributed by atoms with Gasteiger partial charge in [0.1, 0.15) is 10.7 Å². The first-order valence-electron chi connectivity index (χ1n) is 14.1.